The van der Waals surface area contributed by atoms with E-state index in [0.29, 0.717) is 35.3 Å². The molecule has 0 aliphatic carbocycles. The molecule has 1 saturated heterocycles. The molecule has 2 aromatic rings. The van der Waals surface area contributed by atoms with Crippen LogP contribution < -0.4 is 5.32 Å². The molecule has 8 heteroatoms. The highest BCUT2D eigenvalue weighted by Gasteiger charge is 2.47. The van der Waals surface area contributed by atoms with E-state index in [0.717, 1.165) is 18.1 Å². The number of methoxy groups -OCH3 is 1. The molecule has 0 spiro atoms. The molecule has 2 unspecified atom stereocenters. The molecule has 0 radical (unpaired) electrons. The smallest absolute Gasteiger partial charge is 0.257 e. The van der Waals surface area contributed by atoms with E-state index in [2.05, 4.69) is 18.5 Å². The minimum atomic E-state index is -0.958. The van der Waals surface area contributed by atoms with Gasteiger partial charge in [-0.25, -0.2) is 13.8 Å². The Balaban J connectivity index is 0.000000394. The highest BCUT2D eigenvalue weighted by Crippen LogP contribution is 2.45. The third-order valence-electron chi connectivity index (χ3n) is 5.89. The van der Waals surface area contributed by atoms with Gasteiger partial charge >= 0.3 is 0 Å². The molecule has 5 nitrogen and oxygen atoms in total. The van der Waals surface area contributed by atoms with Crippen LogP contribution in [0.4, 0.5) is 8.78 Å². The van der Waals surface area contributed by atoms with Gasteiger partial charge in [0.15, 0.2) is 5.17 Å². The summed E-state index contributed by atoms with van der Waals surface area (Å²) >= 11 is 1.44. The predicted molar refractivity (Wildman–Crippen MR) is 152 cm³/mol. The van der Waals surface area contributed by atoms with Crippen LogP contribution in [0.2, 0.25) is 0 Å². The molecule has 1 amide bonds. The molecule has 2 aromatic carbocycles. The first-order valence-corrected chi connectivity index (χ1v) is 13.5. The number of nitrogens with one attached hydrogen (secondary N) is 1. The van der Waals surface area contributed by atoms with Crippen LogP contribution in [0.1, 0.15) is 36.2 Å². The number of hydrogen-bond acceptors (Lipinski definition) is 5. The summed E-state index contributed by atoms with van der Waals surface area (Å²) in [4.78, 5) is 17.2. The van der Waals surface area contributed by atoms with E-state index in [9.17, 15) is 13.6 Å². The van der Waals surface area contributed by atoms with Gasteiger partial charge in [0.05, 0.1) is 13.2 Å². The molecule has 2 heterocycles. The van der Waals surface area contributed by atoms with Crippen molar-refractivity contribution in [2.75, 3.05) is 32.7 Å². The van der Waals surface area contributed by atoms with Crippen LogP contribution in [-0.2, 0) is 15.0 Å². The molecule has 2 atom stereocenters. The first kappa shape index (κ1) is 31.1. The monoisotopic (exact) mass is 542 g/mol. The zero-order valence-electron chi connectivity index (χ0n) is 22.2. The third kappa shape index (κ3) is 8.21. The molecule has 2 aliphatic rings. The van der Waals surface area contributed by atoms with E-state index in [1.165, 1.54) is 23.9 Å². The number of benzene rings is 2. The lowest BCUT2D eigenvalue weighted by molar-refractivity contribution is 0.00285. The SMILES string of the molecule is C=C/C=C(\C=C)COC.CC.O=C(NC1=NC2(c3ccc(F)cc3F)COCCC2CS1)c1ccccc1. The molecule has 0 bridgehead atoms. The number of halogens is 2. The first-order valence-electron chi connectivity index (χ1n) is 12.5. The number of carbonyl (C=O) groups excluding carboxylic acids is 1. The molecular formula is C30H36F2N2O3S. The van der Waals surface area contributed by atoms with Crippen molar-refractivity contribution in [3.63, 3.8) is 0 Å². The molecule has 2 aliphatic heterocycles. The second-order valence-corrected chi connectivity index (χ2v) is 9.26. The largest absolute Gasteiger partial charge is 0.380 e. The molecule has 38 heavy (non-hydrogen) atoms. The molecule has 0 aromatic heterocycles. The lowest BCUT2D eigenvalue weighted by atomic mass is 9.76. The Kier molecular flexibility index (Phi) is 13.1. The fraction of sp³-hybridized carbons (Fsp3) is 0.333. The van der Waals surface area contributed by atoms with E-state index in [1.54, 1.807) is 43.5 Å². The summed E-state index contributed by atoms with van der Waals surface area (Å²) in [5.41, 5.74) is 0.915. The van der Waals surface area contributed by atoms with Crippen molar-refractivity contribution in [1.29, 1.82) is 0 Å². The lowest BCUT2D eigenvalue weighted by Crippen LogP contribution is -2.49. The van der Waals surface area contributed by atoms with Gasteiger partial charge in [0.2, 0.25) is 0 Å². The standard InChI is InChI=1S/C20H18F2N2O2S.C8H12O.C2H6/c21-15-6-7-16(17(22)10-15)20-12-26-9-8-14(20)11-27-19(24-20)23-18(25)13-4-2-1-3-5-13;1-4-6-8(5-2)7-9-3;1-2/h1-7,10,14H,8-9,11-12H2,(H,23,24,25);4-6H,1-2,7H2,3H3;1-2H3/b;8-6+;. The average molecular weight is 543 g/mol. The number of amides is 1. The second-order valence-electron chi connectivity index (χ2n) is 8.25. The van der Waals surface area contributed by atoms with Crippen LogP contribution in [0, 0.1) is 17.6 Å². The number of rotatable bonds is 6. The minimum Gasteiger partial charge on any atom is -0.380 e. The van der Waals surface area contributed by atoms with Gasteiger partial charge in [-0.15, -0.1) is 0 Å². The third-order valence-corrected chi connectivity index (χ3v) is 6.93. The van der Waals surface area contributed by atoms with Crippen molar-refractivity contribution < 1.29 is 23.0 Å². The Hall–Kier alpha value is -3.07. The summed E-state index contributed by atoms with van der Waals surface area (Å²) in [7, 11) is 1.65. The predicted octanol–water partition coefficient (Wildman–Crippen LogP) is 6.69. The van der Waals surface area contributed by atoms with E-state index in [-0.39, 0.29) is 18.4 Å². The number of hydrogen-bond donors (Lipinski definition) is 1. The average Bonchev–Trinajstić information content (AvgIpc) is 2.94. The highest BCUT2D eigenvalue weighted by molar-refractivity contribution is 8.13. The van der Waals surface area contributed by atoms with Gasteiger partial charge in [0.25, 0.3) is 5.91 Å². The Bertz CT molecular complexity index is 1140. The molecular weight excluding hydrogens is 506 g/mol. The summed E-state index contributed by atoms with van der Waals surface area (Å²) < 4.78 is 38.5. The van der Waals surface area contributed by atoms with Crippen molar-refractivity contribution in [3.05, 3.63) is 108 Å². The quantitative estimate of drug-likeness (QED) is 0.414. The van der Waals surface area contributed by atoms with E-state index in [1.807, 2.05) is 26.0 Å². The maximum Gasteiger partial charge on any atom is 0.257 e. The van der Waals surface area contributed by atoms with Gasteiger partial charge in [-0.3, -0.25) is 4.79 Å². The number of carbonyl (C=O) groups is 1. The summed E-state index contributed by atoms with van der Waals surface area (Å²) in [5.74, 6) is -0.823. The van der Waals surface area contributed by atoms with Crippen LogP contribution in [0.25, 0.3) is 0 Å². The first-order chi connectivity index (χ1) is 18.4. The van der Waals surface area contributed by atoms with Crippen molar-refractivity contribution in [2.45, 2.75) is 25.8 Å². The number of ether oxygens (including phenoxy) is 2. The number of fused-ring (bicyclic) bond motifs is 1. The van der Waals surface area contributed by atoms with Crippen LogP contribution >= 0.6 is 11.8 Å². The topological polar surface area (TPSA) is 59.9 Å². The van der Waals surface area contributed by atoms with Gasteiger partial charge in [-0.05, 0) is 30.2 Å². The molecule has 0 saturated carbocycles. The minimum absolute atomic E-state index is 0.0496. The van der Waals surface area contributed by atoms with Crippen molar-refractivity contribution in [1.82, 2.24) is 5.32 Å². The highest BCUT2D eigenvalue weighted by atomic mass is 32.2. The van der Waals surface area contributed by atoms with Gasteiger partial charge < -0.3 is 14.8 Å². The Morgan fingerprint density at radius 3 is 2.61 bits per heavy atom. The number of allylic oxidation sites excluding steroid dienone is 2. The Labute approximate surface area is 228 Å². The van der Waals surface area contributed by atoms with Gasteiger partial charge in [-0.2, -0.15) is 0 Å². The fourth-order valence-corrected chi connectivity index (χ4v) is 5.26. The Morgan fingerprint density at radius 1 is 1.24 bits per heavy atom. The van der Waals surface area contributed by atoms with Crippen LogP contribution in [0.15, 0.2) is 90.5 Å². The van der Waals surface area contributed by atoms with Gasteiger partial charge in [-0.1, -0.05) is 81.3 Å². The lowest BCUT2D eigenvalue weighted by Gasteiger charge is -2.44. The molecule has 1 fully saturated rings. The van der Waals surface area contributed by atoms with Crippen LogP contribution in [0.3, 0.4) is 0 Å². The summed E-state index contributed by atoms with van der Waals surface area (Å²) in [5, 5.41) is 3.24. The molecule has 204 valence electrons. The maximum atomic E-state index is 14.6. The van der Waals surface area contributed by atoms with Gasteiger partial charge in [0, 0.05) is 42.6 Å². The van der Waals surface area contributed by atoms with Crippen molar-refractivity contribution >= 4 is 22.8 Å². The molecule has 1 N–H and O–H groups in total. The van der Waals surface area contributed by atoms with E-state index >= 15 is 0 Å². The number of thioether (sulfide) groups is 1. The van der Waals surface area contributed by atoms with Gasteiger partial charge in [0.1, 0.15) is 17.2 Å². The number of aliphatic imine (C=N–C) groups is 1. The zero-order valence-corrected chi connectivity index (χ0v) is 23.0. The summed E-state index contributed by atoms with van der Waals surface area (Å²) in [6.45, 7) is 12.5. The summed E-state index contributed by atoms with van der Waals surface area (Å²) in [6.07, 6.45) is 6.07. The fourth-order valence-electron chi connectivity index (χ4n) is 4.06. The zero-order chi connectivity index (χ0) is 28.0. The van der Waals surface area contributed by atoms with Crippen LogP contribution in [0.5, 0.6) is 0 Å². The Morgan fingerprint density at radius 2 is 1.97 bits per heavy atom. The van der Waals surface area contributed by atoms with Crippen molar-refractivity contribution in [3.8, 4) is 0 Å². The van der Waals surface area contributed by atoms with Crippen LogP contribution in [-0.4, -0.2) is 43.8 Å². The second kappa shape index (κ2) is 16.0. The normalized spacial score (nSPS) is 20.3. The number of amidine groups is 1. The number of nitrogens with zero attached hydrogens (tertiary/aromatic N) is 1. The van der Waals surface area contributed by atoms with E-state index < -0.39 is 17.2 Å². The maximum absolute atomic E-state index is 14.6. The summed E-state index contributed by atoms with van der Waals surface area (Å²) in [6, 6.07) is 12.4. The molecule has 4 rings (SSSR count). The van der Waals surface area contributed by atoms with E-state index in [4.69, 9.17) is 14.5 Å². The van der Waals surface area contributed by atoms with Crippen molar-refractivity contribution in [2.24, 2.45) is 10.9 Å².